The van der Waals surface area contributed by atoms with Gasteiger partial charge in [0, 0.05) is 10.6 Å². The highest BCUT2D eigenvalue weighted by molar-refractivity contribution is 6.30. The Morgan fingerprint density at radius 3 is 2.76 bits per heavy atom. The topological polar surface area (TPSA) is 59.3 Å². The van der Waals surface area contributed by atoms with E-state index in [0.717, 1.165) is 0 Å². The molecule has 0 aliphatic heterocycles. The number of hydrogen-bond donors (Lipinski definition) is 0. The van der Waals surface area contributed by atoms with Crippen LogP contribution in [0.25, 0.3) is 0 Å². The fraction of sp³-hybridized carbons (Fsp3) is 0.333. The molecule has 90 valence electrons. The summed E-state index contributed by atoms with van der Waals surface area (Å²) in [5.41, 5.74) is 0.856. The van der Waals surface area contributed by atoms with Crippen molar-refractivity contribution in [2.75, 3.05) is 13.7 Å². The summed E-state index contributed by atoms with van der Waals surface area (Å²) < 4.78 is 9.95. The molecule has 0 aromatic heterocycles. The number of carbonyl (C=O) groups is 1. The van der Waals surface area contributed by atoms with Gasteiger partial charge in [0.1, 0.15) is 11.8 Å². The van der Waals surface area contributed by atoms with E-state index < -0.39 is 0 Å². The maximum Gasteiger partial charge on any atom is 0.310 e. The van der Waals surface area contributed by atoms with Crippen LogP contribution in [0.2, 0.25) is 5.02 Å². The second-order valence-electron chi connectivity index (χ2n) is 3.24. The molecule has 1 aromatic carbocycles. The summed E-state index contributed by atoms with van der Waals surface area (Å²) in [6, 6.07) is 5.06. The SMILES string of the molecule is CCOC(=O)Cc1cc(Cl)cc(C#N)c1OC. The van der Waals surface area contributed by atoms with E-state index in [1.807, 2.05) is 6.07 Å². The summed E-state index contributed by atoms with van der Waals surface area (Å²) in [5, 5.41) is 9.32. The quantitative estimate of drug-likeness (QED) is 0.773. The summed E-state index contributed by atoms with van der Waals surface area (Å²) in [5.74, 6) is -0.0121. The first-order chi connectivity index (χ1) is 8.12. The van der Waals surface area contributed by atoms with Crippen LogP contribution in [0.5, 0.6) is 5.75 Å². The van der Waals surface area contributed by atoms with Crippen LogP contribution in [0, 0.1) is 11.3 Å². The highest BCUT2D eigenvalue weighted by Gasteiger charge is 2.14. The lowest BCUT2D eigenvalue weighted by Crippen LogP contribution is -2.09. The largest absolute Gasteiger partial charge is 0.495 e. The van der Waals surface area contributed by atoms with E-state index in [-0.39, 0.29) is 12.4 Å². The predicted octanol–water partition coefficient (Wildman–Crippen LogP) is 2.33. The van der Waals surface area contributed by atoms with Crippen LogP contribution in [0.3, 0.4) is 0 Å². The molecule has 0 bridgehead atoms. The van der Waals surface area contributed by atoms with Crippen LogP contribution in [-0.4, -0.2) is 19.7 Å². The van der Waals surface area contributed by atoms with Gasteiger partial charge in [0.2, 0.25) is 0 Å². The van der Waals surface area contributed by atoms with Gasteiger partial charge in [0.15, 0.2) is 0 Å². The van der Waals surface area contributed by atoms with E-state index >= 15 is 0 Å². The molecule has 0 heterocycles. The molecule has 1 rings (SSSR count). The number of rotatable bonds is 4. The first kappa shape index (κ1) is 13.3. The smallest absolute Gasteiger partial charge is 0.310 e. The van der Waals surface area contributed by atoms with Crippen molar-refractivity contribution >= 4 is 17.6 Å². The van der Waals surface area contributed by atoms with Crippen LogP contribution in [0.15, 0.2) is 12.1 Å². The second kappa shape index (κ2) is 6.12. The fourth-order valence-corrected chi connectivity index (χ4v) is 1.71. The molecule has 1 aromatic rings. The fourth-order valence-electron chi connectivity index (χ4n) is 1.47. The van der Waals surface area contributed by atoms with Gasteiger partial charge < -0.3 is 9.47 Å². The number of hydrogen-bond acceptors (Lipinski definition) is 4. The van der Waals surface area contributed by atoms with Crippen molar-refractivity contribution in [1.82, 2.24) is 0 Å². The Labute approximate surface area is 105 Å². The third-order valence-corrected chi connectivity index (χ3v) is 2.31. The van der Waals surface area contributed by atoms with E-state index in [4.69, 9.17) is 26.3 Å². The van der Waals surface area contributed by atoms with Crippen molar-refractivity contribution in [2.24, 2.45) is 0 Å². The molecule has 0 radical (unpaired) electrons. The molecular weight excluding hydrogens is 242 g/mol. The number of nitriles is 1. The summed E-state index contributed by atoms with van der Waals surface area (Å²) in [7, 11) is 1.44. The van der Waals surface area contributed by atoms with Gasteiger partial charge in [-0.1, -0.05) is 11.6 Å². The zero-order valence-electron chi connectivity index (χ0n) is 9.62. The van der Waals surface area contributed by atoms with Gasteiger partial charge in [-0.2, -0.15) is 5.26 Å². The zero-order valence-corrected chi connectivity index (χ0v) is 10.4. The lowest BCUT2D eigenvalue weighted by Gasteiger charge is -2.10. The molecule has 17 heavy (non-hydrogen) atoms. The molecule has 5 heteroatoms. The monoisotopic (exact) mass is 253 g/mol. The molecule has 0 saturated carbocycles. The maximum atomic E-state index is 11.4. The summed E-state index contributed by atoms with van der Waals surface area (Å²) >= 11 is 5.86. The van der Waals surface area contributed by atoms with Gasteiger partial charge in [-0.15, -0.1) is 0 Å². The number of nitrogens with zero attached hydrogens (tertiary/aromatic N) is 1. The van der Waals surface area contributed by atoms with E-state index in [2.05, 4.69) is 0 Å². The van der Waals surface area contributed by atoms with Gasteiger partial charge in [-0.05, 0) is 19.1 Å². The molecule has 4 nitrogen and oxygen atoms in total. The first-order valence-corrected chi connectivity index (χ1v) is 5.42. The summed E-state index contributed by atoms with van der Waals surface area (Å²) in [6.45, 7) is 2.04. The number of ether oxygens (including phenoxy) is 2. The third kappa shape index (κ3) is 3.36. The predicted molar refractivity (Wildman–Crippen MR) is 63.1 cm³/mol. The molecule has 0 N–H and O–H groups in total. The van der Waals surface area contributed by atoms with Gasteiger partial charge in [0.25, 0.3) is 0 Å². The van der Waals surface area contributed by atoms with Crippen molar-refractivity contribution in [2.45, 2.75) is 13.3 Å². The Bertz CT molecular complexity index is 466. The normalized spacial score (nSPS) is 9.53. The molecule has 0 fully saturated rings. The Morgan fingerprint density at radius 2 is 2.24 bits per heavy atom. The van der Waals surface area contributed by atoms with Crippen LogP contribution < -0.4 is 4.74 Å². The van der Waals surface area contributed by atoms with E-state index in [1.54, 1.807) is 13.0 Å². The van der Waals surface area contributed by atoms with Gasteiger partial charge >= 0.3 is 5.97 Å². The zero-order chi connectivity index (χ0) is 12.8. The van der Waals surface area contributed by atoms with Crippen molar-refractivity contribution in [3.8, 4) is 11.8 Å². The van der Waals surface area contributed by atoms with E-state index in [9.17, 15) is 4.79 Å². The van der Waals surface area contributed by atoms with Crippen LogP contribution in [0.1, 0.15) is 18.1 Å². The van der Waals surface area contributed by atoms with Crippen LogP contribution >= 0.6 is 11.6 Å². The second-order valence-corrected chi connectivity index (χ2v) is 3.68. The molecule has 0 atom stereocenters. The van der Waals surface area contributed by atoms with Crippen molar-refractivity contribution in [1.29, 1.82) is 5.26 Å². The minimum atomic E-state index is -0.378. The van der Waals surface area contributed by atoms with Crippen molar-refractivity contribution < 1.29 is 14.3 Å². The number of halogens is 1. The van der Waals surface area contributed by atoms with Crippen LogP contribution in [0.4, 0.5) is 0 Å². The molecule has 0 aliphatic rings. The van der Waals surface area contributed by atoms with Crippen molar-refractivity contribution in [3.05, 3.63) is 28.3 Å². The summed E-state index contributed by atoms with van der Waals surface area (Å²) in [6.07, 6.45) is 0.0340. The number of methoxy groups -OCH3 is 1. The highest BCUT2D eigenvalue weighted by Crippen LogP contribution is 2.28. The Balaban J connectivity index is 3.10. The van der Waals surface area contributed by atoms with E-state index in [0.29, 0.717) is 28.5 Å². The maximum absolute atomic E-state index is 11.4. The molecule has 0 saturated heterocycles. The standard InChI is InChI=1S/C12H12ClNO3/c1-3-17-11(15)6-8-4-10(13)5-9(7-14)12(8)16-2/h4-5H,3,6H2,1-2H3. The molecule has 0 aliphatic carbocycles. The molecule has 0 spiro atoms. The molecule has 0 amide bonds. The lowest BCUT2D eigenvalue weighted by atomic mass is 10.1. The van der Waals surface area contributed by atoms with E-state index in [1.165, 1.54) is 13.2 Å². The Kier molecular flexibility index (Phi) is 4.80. The number of carbonyl (C=O) groups excluding carboxylic acids is 1. The summed E-state index contributed by atoms with van der Waals surface area (Å²) in [4.78, 5) is 11.4. The number of esters is 1. The molecular formula is C12H12ClNO3. The van der Waals surface area contributed by atoms with Gasteiger partial charge in [0.05, 0.1) is 25.7 Å². The minimum absolute atomic E-state index is 0.0340. The van der Waals surface area contributed by atoms with Crippen LogP contribution in [-0.2, 0) is 16.0 Å². The average molecular weight is 254 g/mol. The lowest BCUT2D eigenvalue weighted by molar-refractivity contribution is -0.142. The third-order valence-electron chi connectivity index (χ3n) is 2.10. The average Bonchev–Trinajstić information content (AvgIpc) is 2.28. The van der Waals surface area contributed by atoms with Crippen molar-refractivity contribution in [3.63, 3.8) is 0 Å². The highest BCUT2D eigenvalue weighted by atomic mass is 35.5. The van der Waals surface area contributed by atoms with Gasteiger partial charge in [-0.25, -0.2) is 0 Å². The first-order valence-electron chi connectivity index (χ1n) is 5.04. The Morgan fingerprint density at radius 1 is 1.53 bits per heavy atom. The molecule has 0 unspecified atom stereocenters. The minimum Gasteiger partial charge on any atom is -0.495 e. The van der Waals surface area contributed by atoms with Gasteiger partial charge in [-0.3, -0.25) is 4.79 Å². The Hall–Kier alpha value is -1.73. The number of benzene rings is 1.